The fourth-order valence-corrected chi connectivity index (χ4v) is 1.72. The van der Waals surface area contributed by atoms with Crippen LogP contribution in [-0.4, -0.2) is 9.91 Å². The van der Waals surface area contributed by atoms with Gasteiger partial charge in [-0.2, -0.15) is 0 Å². The molecular weight excluding hydrogens is 296 g/mol. The molecule has 2 rings (SSSR count). The highest BCUT2D eigenvalue weighted by atomic mass is 35.5. The third-order valence-corrected chi connectivity index (χ3v) is 2.80. The second-order valence-electron chi connectivity index (χ2n) is 3.53. The topological polar surface area (TPSA) is 68.1 Å². The number of anilines is 2. The molecule has 1 aromatic heterocycles. The van der Waals surface area contributed by atoms with Crippen molar-refractivity contribution in [3.63, 3.8) is 0 Å². The Hall–Kier alpha value is -1.92. The SMILES string of the molecule is O=[N+]([O-])c1cnc(Nc2ccc(F)c(Cl)c2)c(Cl)c1. The molecular formula is C11H6Cl2FN3O2. The molecule has 0 atom stereocenters. The van der Waals surface area contributed by atoms with Crippen LogP contribution in [0.4, 0.5) is 21.6 Å². The van der Waals surface area contributed by atoms with E-state index in [-0.39, 0.29) is 21.6 Å². The minimum absolute atomic E-state index is 0.0527. The minimum Gasteiger partial charge on any atom is -0.339 e. The van der Waals surface area contributed by atoms with Crippen LogP contribution in [0.25, 0.3) is 0 Å². The first-order valence-electron chi connectivity index (χ1n) is 4.99. The normalized spacial score (nSPS) is 10.3. The van der Waals surface area contributed by atoms with Crippen LogP contribution in [0.2, 0.25) is 10.0 Å². The lowest BCUT2D eigenvalue weighted by Gasteiger charge is -2.07. The Balaban J connectivity index is 2.28. The van der Waals surface area contributed by atoms with E-state index in [0.29, 0.717) is 5.69 Å². The average molecular weight is 302 g/mol. The molecule has 0 fully saturated rings. The number of pyridine rings is 1. The summed E-state index contributed by atoms with van der Waals surface area (Å²) in [5.41, 5.74) is 0.252. The number of hydrogen-bond acceptors (Lipinski definition) is 4. The van der Waals surface area contributed by atoms with E-state index in [4.69, 9.17) is 23.2 Å². The van der Waals surface area contributed by atoms with Gasteiger partial charge >= 0.3 is 0 Å². The van der Waals surface area contributed by atoms with Gasteiger partial charge in [-0.25, -0.2) is 9.37 Å². The zero-order chi connectivity index (χ0) is 14.0. The van der Waals surface area contributed by atoms with Gasteiger partial charge in [-0.3, -0.25) is 10.1 Å². The molecule has 19 heavy (non-hydrogen) atoms. The van der Waals surface area contributed by atoms with Crippen molar-refractivity contribution < 1.29 is 9.31 Å². The van der Waals surface area contributed by atoms with Crippen molar-refractivity contribution in [3.8, 4) is 0 Å². The molecule has 0 saturated heterocycles. The van der Waals surface area contributed by atoms with Gasteiger partial charge in [0.1, 0.15) is 17.8 Å². The van der Waals surface area contributed by atoms with Crippen LogP contribution in [0.1, 0.15) is 0 Å². The second-order valence-corrected chi connectivity index (χ2v) is 4.35. The van der Waals surface area contributed by atoms with Gasteiger partial charge in [0.2, 0.25) is 0 Å². The standard InChI is InChI=1S/C11H6Cl2FN3O2/c12-8-3-6(1-2-10(8)14)16-11-9(13)4-7(5-15-11)17(18)19/h1-5H,(H,15,16). The number of benzene rings is 1. The molecule has 0 amide bonds. The molecule has 1 heterocycles. The first-order chi connectivity index (χ1) is 8.97. The smallest absolute Gasteiger partial charge is 0.289 e. The highest BCUT2D eigenvalue weighted by Crippen LogP contribution is 2.28. The third kappa shape index (κ3) is 3.10. The molecule has 5 nitrogen and oxygen atoms in total. The summed E-state index contributed by atoms with van der Waals surface area (Å²) in [6.07, 6.45) is 1.07. The summed E-state index contributed by atoms with van der Waals surface area (Å²) in [4.78, 5) is 13.8. The lowest BCUT2D eigenvalue weighted by Crippen LogP contribution is -1.97. The van der Waals surface area contributed by atoms with Gasteiger partial charge in [0.05, 0.1) is 15.0 Å². The van der Waals surface area contributed by atoms with Crippen LogP contribution < -0.4 is 5.32 Å². The van der Waals surface area contributed by atoms with E-state index in [9.17, 15) is 14.5 Å². The van der Waals surface area contributed by atoms with E-state index >= 15 is 0 Å². The van der Waals surface area contributed by atoms with E-state index < -0.39 is 10.7 Å². The molecule has 0 aliphatic rings. The van der Waals surface area contributed by atoms with Crippen LogP contribution in [0.5, 0.6) is 0 Å². The monoisotopic (exact) mass is 301 g/mol. The fraction of sp³-hybridized carbons (Fsp3) is 0. The molecule has 0 spiro atoms. The minimum atomic E-state index is -0.600. The summed E-state index contributed by atoms with van der Waals surface area (Å²) in [5.74, 6) is -0.329. The highest BCUT2D eigenvalue weighted by molar-refractivity contribution is 6.33. The van der Waals surface area contributed by atoms with Crippen LogP contribution in [0.3, 0.4) is 0 Å². The summed E-state index contributed by atoms with van der Waals surface area (Å²) < 4.78 is 13.0. The summed E-state index contributed by atoms with van der Waals surface area (Å²) in [5, 5.41) is 13.3. The van der Waals surface area contributed by atoms with E-state index in [1.54, 1.807) is 0 Å². The van der Waals surface area contributed by atoms with E-state index in [1.807, 2.05) is 0 Å². The number of nitrogens with zero attached hydrogens (tertiary/aromatic N) is 2. The van der Waals surface area contributed by atoms with Crippen LogP contribution in [0.15, 0.2) is 30.5 Å². The largest absolute Gasteiger partial charge is 0.339 e. The van der Waals surface area contributed by atoms with Gasteiger partial charge < -0.3 is 5.32 Å². The molecule has 0 unspecified atom stereocenters. The maximum Gasteiger partial charge on any atom is 0.289 e. The van der Waals surface area contributed by atoms with Gasteiger partial charge in [0, 0.05) is 11.8 Å². The summed E-state index contributed by atoms with van der Waals surface area (Å²) in [6, 6.07) is 5.16. The van der Waals surface area contributed by atoms with Crippen LogP contribution in [-0.2, 0) is 0 Å². The van der Waals surface area contributed by atoms with Crippen molar-refractivity contribution in [2.75, 3.05) is 5.32 Å². The third-order valence-electron chi connectivity index (χ3n) is 2.22. The van der Waals surface area contributed by atoms with Crippen molar-refractivity contribution in [1.82, 2.24) is 4.98 Å². The van der Waals surface area contributed by atoms with Crippen molar-refractivity contribution >= 4 is 40.4 Å². The molecule has 98 valence electrons. The average Bonchev–Trinajstić information content (AvgIpc) is 2.36. The number of nitro groups is 1. The van der Waals surface area contributed by atoms with Crippen molar-refractivity contribution in [2.45, 2.75) is 0 Å². The Morgan fingerprint density at radius 3 is 2.58 bits per heavy atom. The molecule has 0 aliphatic heterocycles. The Kier molecular flexibility index (Phi) is 3.82. The van der Waals surface area contributed by atoms with Crippen molar-refractivity contribution in [2.24, 2.45) is 0 Å². The van der Waals surface area contributed by atoms with Gasteiger partial charge in [-0.15, -0.1) is 0 Å². The maximum atomic E-state index is 13.0. The first-order valence-corrected chi connectivity index (χ1v) is 5.75. The Bertz CT molecular complexity index is 652. The molecule has 0 bridgehead atoms. The van der Waals surface area contributed by atoms with Crippen molar-refractivity contribution in [3.05, 3.63) is 56.4 Å². The number of halogens is 3. The fourth-order valence-electron chi connectivity index (χ4n) is 1.33. The lowest BCUT2D eigenvalue weighted by molar-refractivity contribution is -0.385. The first kappa shape index (κ1) is 13.5. The van der Waals surface area contributed by atoms with Gasteiger partial charge in [0.15, 0.2) is 0 Å². The van der Waals surface area contributed by atoms with Gasteiger partial charge in [-0.1, -0.05) is 23.2 Å². The van der Waals surface area contributed by atoms with E-state index in [2.05, 4.69) is 10.3 Å². The molecule has 0 radical (unpaired) electrons. The Morgan fingerprint density at radius 1 is 1.26 bits per heavy atom. The van der Waals surface area contributed by atoms with E-state index in [1.165, 1.54) is 24.3 Å². The molecule has 2 aromatic rings. The molecule has 1 N–H and O–H groups in total. The Morgan fingerprint density at radius 2 is 2.00 bits per heavy atom. The molecule has 1 aromatic carbocycles. The summed E-state index contributed by atoms with van der Waals surface area (Å²) in [6.45, 7) is 0. The second kappa shape index (κ2) is 5.38. The maximum absolute atomic E-state index is 13.0. The number of nitrogens with one attached hydrogen (secondary N) is 1. The van der Waals surface area contributed by atoms with Crippen molar-refractivity contribution in [1.29, 1.82) is 0 Å². The molecule has 0 aliphatic carbocycles. The molecule has 0 saturated carbocycles. The van der Waals surface area contributed by atoms with Gasteiger partial charge in [-0.05, 0) is 18.2 Å². The number of aromatic nitrogens is 1. The zero-order valence-corrected chi connectivity index (χ0v) is 10.7. The molecule has 8 heteroatoms. The lowest BCUT2D eigenvalue weighted by atomic mass is 10.3. The predicted octanol–water partition coefficient (Wildman–Crippen LogP) is 4.18. The Labute approximate surface area is 117 Å². The van der Waals surface area contributed by atoms with Crippen LogP contribution >= 0.6 is 23.2 Å². The summed E-state index contributed by atoms with van der Waals surface area (Å²) in [7, 11) is 0. The summed E-state index contributed by atoms with van der Waals surface area (Å²) >= 11 is 11.5. The van der Waals surface area contributed by atoms with Gasteiger partial charge in [0.25, 0.3) is 5.69 Å². The number of hydrogen-bond donors (Lipinski definition) is 1. The predicted molar refractivity (Wildman–Crippen MR) is 70.6 cm³/mol. The zero-order valence-electron chi connectivity index (χ0n) is 9.23. The van der Waals surface area contributed by atoms with Crippen LogP contribution in [0, 0.1) is 15.9 Å². The highest BCUT2D eigenvalue weighted by Gasteiger charge is 2.11. The van der Waals surface area contributed by atoms with E-state index in [0.717, 1.165) is 6.20 Å². The number of rotatable bonds is 3. The quantitative estimate of drug-likeness (QED) is 0.682.